The van der Waals surface area contributed by atoms with Crippen molar-refractivity contribution in [2.75, 3.05) is 0 Å². The fourth-order valence-electron chi connectivity index (χ4n) is 1.15. The summed E-state index contributed by atoms with van der Waals surface area (Å²) in [6.45, 7) is 4.16. The molecule has 64 valence electrons. The highest BCUT2D eigenvalue weighted by Crippen LogP contribution is 2.22. The first-order valence-electron chi connectivity index (χ1n) is 3.89. The second kappa shape index (κ2) is 3.85. The van der Waals surface area contributed by atoms with Crippen molar-refractivity contribution in [3.8, 4) is 0 Å². The molecule has 0 amide bonds. The van der Waals surface area contributed by atoms with Gasteiger partial charge in [0, 0.05) is 10.0 Å². The molecule has 1 rings (SSSR count). The minimum atomic E-state index is 0.391. The van der Waals surface area contributed by atoms with Gasteiger partial charge in [-0.25, -0.2) is 0 Å². The summed E-state index contributed by atoms with van der Waals surface area (Å²) in [6.07, 6.45) is 0.905. The molecule has 12 heavy (non-hydrogen) atoms. The molecule has 1 nitrogen and oxygen atoms in total. The van der Waals surface area contributed by atoms with Crippen molar-refractivity contribution in [1.29, 1.82) is 0 Å². The number of hydrogen-bond donors (Lipinski definition) is 0. The molecule has 1 aromatic carbocycles. The molecule has 0 saturated heterocycles. The lowest BCUT2D eigenvalue weighted by Gasteiger charge is -2.08. The van der Waals surface area contributed by atoms with Gasteiger partial charge in [0.15, 0.2) is 0 Å². The predicted molar refractivity (Wildman–Crippen MR) is 53.6 cm³/mol. The first-order chi connectivity index (χ1) is 5.65. The Hall–Kier alpha value is -0.630. The first kappa shape index (κ1) is 9.46. The average Bonchev–Trinajstić information content (AvgIpc) is 2.04. The van der Waals surface area contributed by atoms with Gasteiger partial charge in [-0.2, -0.15) is 0 Å². The van der Waals surface area contributed by atoms with Gasteiger partial charge in [-0.1, -0.05) is 35.8 Å². The fraction of sp³-hybridized carbons (Fsp3) is 0.300. The smallest absolute Gasteiger partial charge is 0.150 e. The summed E-state index contributed by atoms with van der Waals surface area (Å²) in [4.78, 5) is 10.6. The van der Waals surface area contributed by atoms with Crippen LogP contribution < -0.4 is 0 Å². The van der Waals surface area contributed by atoms with E-state index >= 15 is 0 Å². The molecule has 0 aliphatic heterocycles. The molecular formula is C10H11BrO. The fourth-order valence-corrected chi connectivity index (χ4v) is 1.53. The Labute approximate surface area is 80.9 Å². The van der Waals surface area contributed by atoms with Crippen LogP contribution in [-0.4, -0.2) is 6.29 Å². The molecule has 0 bridgehead atoms. The zero-order chi connectivity index (χ0) is 9.14. The second-order valence-corrected chi connectivity index (χ2v) is 3.96. The zero-order valence-electron chi connectivity index (χ0n) is 7.17. The van der Waals surface area contributed by atoms with E-state index in [1.165, 1.54) is 0 Å². The summed E-state index contributed by atoms with van der Waals surface area (Å²) in [5.74, 6) is 0.391. The van der Waals surface area contributed by atoms with Crippen LogP contribution in [0, 0.1) is 0 Å². The van der Waals surface area contributed by atoms with E-state index in [1.54, 1.807) is 0 Å². The van der Waals surface area contributed by atoms with Crippen LogP contribution in [0.5, 0.6) is 0 Å². The van der Waals surface area contributed by atoms with Gasteiger partial charge in [0.05, 0.1) is 0 Å². The SMILES string of the molecule is CC(C)c1cc(Br)ccc1C=O. The van der Waals surface area contributed by atoms with Crippen molar-refractivity contribution >= 4 is 22.2 Å². The van der Waals surface area contributed by atoms with Gasteiger partial charge in [0.2, 0.25) is 0 Å². The van der Waals surface area contributed by atoms with Gasteiger partial charge >= 0.3 is 0 Å². The summed E-state index contributed by atoms with van der Waals surface area (Å²) < 4.78 is 1.02. The van der Waals surface area contributed by atoms with E-state index in [0.717, 1.165) is 21.9 Å². The van der Waals surface area contributed by atoms with Crippen LogP contribution in [-0.2, 0) is 0 Å². The molecule has 0 aromatic heterocycles. The maximum Gasteiger partial charge on any atom is 0.150 e. The van der Waals surface area contributed by atoms with Crippen molar-refractivity contribution in [1.82, 2.24) is 0 Å². The normalized spacial score (nSPS) is 10.3. The van der Waals surface area contributed by atoms with Gasteiger partial charge in [-0.15, -0.1) is 0 Å². The third kappa shape index (κ3) is 1.95. The van der Waals surface area contributed by atoms with Crippen LogP contribution in [0.1, 0.15) is 35.7 Å². The van der Waals surface area contributed by atoms with Crippen LogP contribution in [0.2, 0.25) is 0 Å². The maximum absolute atomic E-state index is 10.6. The topological polar surface area (TPSA) is 17.1 Å². The Morgan fingerprint density at radius 2 is 2.08 bits per heavy atom. The standard InChI is InChI=1S/C10H11BrO/c1-7(2)10-5-9(11)4-3-8(10)6-12/h3-7H,1-2H3. The molecule has 0 radical (unpaired) electrons. The number of benzene rings is 1. The van der Waals surface area contributed by atoms with Crippen LogP contribution in [0.25, 0.3) is 0 Å². The molecule has 0 unspecified atom stereocenters. The third-order valence-corrected chi connectivity index (χ3v) is 2.29. The van der Waals surface area contributed by atoms with Crippen molar-refractivity contribution in [2.45, 2.75) is 19.8 Å². The summed E-state index contributed by atoms with van der Waals surface area (Å²) >= 11 is 3.38. The molecule has 0 heterocycles. The zero-order valence-corrected chi connectivity index (χ0v) is 8.76. The third-order valence-electron chi connectivity index (χ3n) is 1.80. The highest BCUT2D eigenvalue weighted by Gasteiger charge is 2.05. The quantitative estimate of drug-likeness (QED) is 0.707. The van der Waals surface area contributed by atoms with Gasteiger partial charge in [-0.05, 0) is 23.6 Å². The minimum Gasteiger partial charge on any atom is -0.298 e. The van der Waals surface area contributed by atoms with Crippen LogP contribution >= 0.6 is 15.9 Å². The molecule has 1 aromatic rings. The predicted octanol–water partition coefficient (Wildman–Crippen LogP) is 3.39. The molecule has 0 spiro atoms. The van der Waals surface area contributed by atoms with E-state index < -0.39 is 0 Å². The van der Waals surface area contributed by atoms with Gasteiger partial charge < -0.3 is 0 Å². The highest BCUT2D eigenvalue weighted by molar-refractivity contribution is 9.10. The number of rotatable bonds is 2. The lowest BCUT2D eigenvalue weighted by Crippen LogP contribution is -1.94. The highest BCUT2D eigenvalue weighted by atomic mass is 79.9. The number of aldehydes is 1. The molecule has 0 aliphatic rings. The number of hydrogen-bond acceptors (Lipinski definition) is 1. The second-order valence-electron chi connectivity index (χ2n) is 3.05. The maximum atomic E-state index is 10.6. The summed E-state index contributed by atoms with van der Waals surface area (Å²) in [5.41, 5.74) is 1.88. The first-order valence-corrected chi connectivity index (χ1v) is 4.69. The van der Waals surface area contributed by atoms with Gasteiger partial charge in [-0.3, -0.25) is 4.79 Å². The van der Waals surface area contributed by atoms with Crippen molar-refractivity contribution in [3.63, 3.8) is 0 Å². The lowest BCUT2D eigenvalue weighted by atomic mass is 9.98. The molecule has 0 N–H and O–H groups in total. The molecule has 0 saturated carbocycles. The summed E-state index contributed by atoms with van der Waals surface area (Å²) in [5, 5.41) is 0. The number of halogens is 1. The van der Waals surface area contributed by atoms with Gasteiger partial charge in [0.1, 0.15) is 6.29 Å². The van der Waals surface area contributed by atoms with E-state index in [2.05, 4.69) is 29.8 Å². The van der Waals surface area contributed by atoms with Crippen LogP contribution in [0.15, 0.2) is 22.7 Å². The van der Waals surface area contributed by atoms with E-state index in [1.807, 2.05) is 18.2 Å². The molecule has 0 atom stereocenters. The van der Waals surface area contributed by atoms with Crippen molar-refractivity contribution in [3.05, 3.63) is 33.8 Å². The largest absolute Gasteiger partial charge is 0.298 e. The molecule has 2 heteroatoms. The Morgan fingerprint density at radius 3 is 2.58 bits per heavy atom. The van der Waals surface area contributed by atoms with Crippen molar-refractivity contribution in [2.24, 2.45) is 0 Å². The molecule has 0 fully saturated rings. The van der Waals surface area contributed by atoms with Crippen LogP contribution in [0.3, 0.4) is 0 Å². The monoisotopic (exact) mass is 226 g/mol. The van der Waals surface area contributed by atoms with E-state index in [-0.39, 0.29) is 0 Å². The van der Waals surface area contributed by atoms with E-state index in [0.29, 0.717) is 5.92 Å². The number of carbonyl (C=O) groups is 1. The minimum absolute atomic E-state index is 0.391. The Balaban J connectivity index is 3.21. The number of carbonyl (C=O) groups excluding carboxylic acids is 1. The molecule has 0 aliphatic carbocycles. The lowest BCUT2D eigenvalue weighted by molar-refractivity contribution is 0.112. The Kier molecular flexibility index (Phi) is 3.04. The van der Waals surface area contributed by atoms with E-state index in [9.17, 15) is 4.79 Å². The molecular weight excluding hydrogens is 216 g/mol. The Bertz CT molecular complexity index is 292. The summed E-state index contributed by atoms with van der Waals surface area (Å²) in [6, 6.07) is 5.72. The average molecular weight is 227 g/mol. The van der Waals surface area contributed by atoms with E-state index in [4.69, 9.17) is 0 Å². The van der Waals surface area contributed by atoms with Crippen LogP contribution in [0.4, 0.5) is 0 Å². The van der Waals surface area contributed by atoms with Gasteiger partial charge in [0.25, 0.3) is 0 Å². The Morgan fingerprint density at radius 1 is 1.42 bits per heavy atom. The summed E-state index contributed by atoms with van der Waals surface area (Å²) in [7, 11) is 0. The van der Waals surface area contributed by atoms with Crippen molar-refractivity contribution < 1.29 is 4.79 Å².